The third kappa shape index (κ3) is 48.0. The molecule has 1 aromatic rings. The van der Waals surface area contributed by atoms with Gasteiger partial charge in [0.2, 0.25) is 88.6 Å². The maximum atomic E-state index is 14.6. The van der Waals surface area contributed by atoms with Crippen LogP contribution in [0.25, 0.3) is 0 Å². The monoisotopic (exact) mass is 1850 g/mol. The number of nitrogens with two attached hydrogens (primary N) is 6. The van der Waals surface area contributed by atoms with E-state index >= 15 is 0 Å². The van der Waals surface area contributed by atoms with Crippen LogP contribution >= 0.6 is 0 Å². The van der Waals surface area contributed by atoms with E-state index in [9.17, 15) is 125 Å². The fourth-order valence-electron chi connectivity index (χ4n) is 11.1. The lowest BCUT2D eigenvalue weighted by Gasteiger charge is -2.28. The minimum absolute atomic E-state index is 0.0184. The van der Waals surface area contributed by atoms with Crippen LogP contribution in [0.1, 0.15) is 131 Å². The molecule has 15 amide bonds. The number of alkyl halides is 3. The molecule has 0 saturated heterocycles. The summed E-state index contributed by atoms with van der Waals surface area (Å²) in [5.41, 5.74) is 32.9. The number of aliphatic hydroxyl groups excluding tert-OH is 4. The number of aliphatic carboxylic acids is 3. The molecule has 0 radical (unpaired) electrons. The van der Waals surface area contributed by atoms with E-state index in [1.807, 2.05) is 21.3 Å². The zero-order valence-corrected chi connectivity index (χ0v) is 71.7. The van der Waals surface area contributed by atoms with Crippen molar-refractivity contribution in [2.75, 3.05) is 46.0 Å². The molecule has 1 rings (SSSR count). The van der Waals surface area contributed by atoms with E-state index in [2.05, 4.69) is 84.4 Å². The van der Waals surface area contributed by atoms with Gasteiger partial charge in [0.05, 0.1) is 56.8 Å². The molecule has 0 aliphatic carbocycles. The Hall–Kier alpha value is -13.7. The maximum Gasteiger partial charge on any atom is 0.490 e. The van der Waals surface area contributed by atoms with E-state index in [0.717, 1.165) is 13.8 Å². The molecule has 0 saturated carbocycles. The molecule has 42 N–H and O–H groups in total. The number of H-pyrrole nitrogens is 1. The fourth-order valence-corrected chi connectivity index (χ4v) is 11.1. The van der Waals surface area contributed by atoms with Crippen LogP contribution in [0, 0.1) is 33.5 Å². The number of nitrogens with one attached hydrogen (secondary N) is 23. The molecule has 0 aromatic carbocycles. The maximum absolute atomic E-state index is 14.6. The van der Waals surface area contributed by atoms with Gasteiger partial charge in [-0.25, -0.2) is 14.6 Å². The summed E-state index contributed by atoms with van der Waals surface area (Å²) in [5, 5.41) is 141. The number of carbonyl (C=O) groups is 18. The molecule has 728 valence electrons. The van der Waals surface area contributed by atoms with Crippen molar-refractivity contribution in [2.24, 2.45) is 46.2 Å². The predicted molar refractivity (Wildman–Crippen MR) is 444 cm³/mol. The molecular formula is C71H123F3N30O25. The number of aliphatic hydroxyl groups is 4. The topological polar surface area (TPSA) is 946 Å². The van der Waals surface area contributed by atoms with Gasteiger partial charge in [-0.15, -0.1) is 0 Å². The van der Waals surface area contributed by atoms with Gasteiger partial charge in [-0.3, -0.25) is 98.3 Å². The summed E-state index contributed by atoms with van der Waals surface area (Å²) in [6.07, 6.45) is -7.73. The van der Waals surface area contributed by atoms with Crippen molar-refractivity contribution >= 4 is 130 Å². The summed E-state index contributed by atoms with van der Waals surface area (Å²) in [7, 11) is 0. The molecule has 16 atom stereocenters. The van der Waals surface area contributed by atoms with Gasteiger partial charge in [0.25, 0.3) is 0 Å². The molecular weight excluding hydrogens is 1730 g/mol. The Balaban J connectivity index is 0.0000224. The molecule has 0 unspecified atom stereocenters. The predicted octanol–water partition coefficient (Wildman–Crippen LogP) is -13.3. The summed E-state index contributed by atoms with van der Waals surface area (Å²) in [4.78, 5) is 246. The number of carbonyl (C=O) groups excluding carboxylic acids is 15. The molecule has 1 heterocycles. The summed E-state index contributed by atoms with van der Waals surface area (Å²) in [6, 6.07) is -25.9. The van der Waals surface area contributed by atoms with Crippen molar-refractivity contribution in [3.63, 3.8) is 0 Å². The van der Waals surface area contributed by atoms with Crippen LogP contribution in [0.4, 0.5) is 13.2 Å². The largest absolute Gasteiger partial charge is 0.490 e. The first-order valence-electron chi connectivity index (χ1n) is 39.9. The summed E-state index contributed by atoms with van der Waals surface area (Å²) in [6.45, 7) is 6.21. The molecule has 0 spiro atoms. The van der Waals surface area contributed by atoms with Crippen LogP contribution in [-0.4, -0.2) is 325 Å². The van der Waals surface area contributed by atoms with Gasteiger partial charge in [-0.1, -0.05) is 27.7 Å². The van der Waals surface area contributed by atoms with Crippen molar-refractivity contribution in [2.45, 2.75) is 235 Å². The number of halogens is 3. The first kappa shape index (κ1) is 115. The van der Waals surface area contributed by atoms with Crippen LogP contribution in [0.5, 0.6) is 0 Å². The first-order chi connectivity index (χ1) is 60.1. The standard InChI is InChI=1S/C69H122N30O23.C2HF3O2/c1-30(2)20-40(91-51(107)32(5)70)56(112)94-43(23-48(71)104)59(115)89-38(14-10-18-83-68(76)77)55(111)99-50(34(7)103)64(120)98-47(28-102)63(119)97-46(27-101)62(118)95-44(24-49(105)106)60(116)96-45(26-100)61(117)86-33(6)52(108)92-41(21-31(3)4)57(113)93-42(22-35-25-80-29-85-35)58(114)88-36(12-8-16-81-66(72)73)53(109)87-37(13-9-17-82-67(74)75)54(110)90-39(65(121)122)15-11-19-84-69(78)79;3-2(4,5)1(6)7/h25,29-34,36-47,50,100-103H,8-24,26-28,70H2,1-7H3,(H2,71,104)(H,80,85)(H,86,117)(H,87,109)(H,88,114)(H,89,115)(H,90,110)(H,91,107)(H,92,108)(H,93,113)(H,94,112)(H,95,118)(H,96,116)(H,97,119)(H,98,120)(H,99,111)(H,105,106)(H,121,122)(H4,72,73,81)(H4,74,75,82)(H4,76,77,83)(H4,78,79,84);(H,6,7)/t32-,33-,34+,36-,37-,38-,39-,40-,41-,42-,43-,44-,45-,46-,47-,50-;/m0./s1. The number of hydrogen-bond donors (Lipinski definition) is 36. The highest BCUT2D eigenvalue weighted by Gasteiger charge is 2.41. The normalized spacial score (nSPS) is 14.7. The zero-order valence-electron chi connectivity index (χ0n) is 71.7. The molecule has 0 bridgehead atoms. The van der Waals surface area contributed by atoms with Gasteiger partial charge in [0.1, 0.15) is 84.6 Å². The smallest absolute Gasteiger partial charge is 0.481 e. The fraction of sp³-hybridized carbons (Fsp3) is 0.648. The Morgan fingerprint density at radius 3 is 1.00 bits per heavy atom. The molecule has 129 heavy (non-hydrogen) atoms. The summed E-state index contributed by atoms with van der Waals surface area (Å²) < 4.78 is 31.7. The average molecular weight is 1850 g/mol. The number of carboxylic acid groups (broad SMARTS) is 3. The highest BCUT2D eigenvalue weighted by atomic mass is 19.4. The van der Waals surface area contributed by atoms with E-state index < -0.39 is 266 Å². The molecule has 0 aliphatic heterocycles. The Bertz CT molecular complexity index is 3980. The lowest BCUT2D eigenvalue weighted by molar-refractivity contribution is -0.192. The number of guanidine groups is 4. The van der Waals surface area contributed by atoms with Crippen LogP contribution < -0.4 is 130 Å². The van der Waals surface area contributed by atoms with Gasteiger partial charge in [-0.2, -0.15) is 13.2 Å². The van der Waals surface area contributed by atoms with E-state index in [-0.39, 0.29) is 114 Å². The zero-order chi connectivity index (χ0) is 98.9. The van der Waals surface area contributed by atoms with Gasteiger partial charge in [0, 0.05) is 38.8 Å². The number of amides is 15. The summed E-state index contributed by atoms with van der Waals surface area (Å²) in [5.74, 6) is -25.9. The Morgan fingerprint density at radius 1 is 0.395 bits per heavy atom. The molecule has 0 fully saturated rings. The van der Waals surface area contributed by atoms with Crippen molar-refractivity contribution in [1.82, 2.24) is 106 Å². The van der Waals surface area contributed by atoms with Crippen molar-refractivity contribution in [1.29, 1.82) is 21.6 Å². The Kier molecular flexibility index (Phi) is 53.0. The van der Waals surface area contributed by atoms with Crippen molar-refractivity contribution < 1.29 is 135 Å². The third-order valence-corrected chi connectivity index (χ3v) is 17.7. The Labute approximate surface area is 735 Å². The number of aromatic nitrogens is 2. The number of nitrogens with zero attached hydrogens (tertiary/aromatic N) is 1. The van der Waals surface area contributed by atoms with Crippen LogP contribution in [0.3, 0.4) is 0 Å². The number of imidazole rings is 1. The van der Waals surface area contributed by atoms with Crippen molar-refractivity contribution in [3.05, 3.63) is 18.2 Å². The molecule has 58 heteroatoms. The second-order valence-corrected chi connectivity index (χ2v) is 29.9. The van der Waals surface area contributed by atoms with Crippen LogP contribution in [0.2, 0.25) is 0 Å². The first-order valence-corrected chi connectivity index (χ1v) is 39.9. The minimum atomic E-state index is -5.08. The van der Waals surface area contributed by atoms with E-state index in [4.69, 9.17) is 65.9 Å². The van der Waals surface area contributed by atoms with Gasteiger partial charge >= 0.3 is 24.1 Å². The number of hydrogen-bond acceptors (Lipinski definition) is 28. The highest BCUT2D eigenvalue weighted by Crippen LogP contribution is 2.15. The van der Waals surface area contributed by atoms with Crippen molar-refractivity contribution in [3.8, 4) is 0 Å². The highest BCUT2D eigenvalue weighted by molar-refractivity contribution is 6.02. The van der Waals surface area contributed by atoms with Crippen LogP contribution in [0.15, 0.2) is 12.5 Å². The number of rotatable bonds is 59. The minimum Gasteiger partial charge on any atom is -0.481 e. The van der Waals surface area contributed by atoms with Crippen LogP contribution in [-0.2, 0) is 92.7 Å². The lowest BCUT2D eigenvalue weighted by atomic mass is 10.0. The SMILES string of the molecule is CC(C)C[C@H](NC(=O)[C@H](C)N)C(=O)N[C@@H](CC(N)=O)C(=O)N[C@@H](CCCNC(=N)N)C(=O)N[C@H](C(=O)N[C@@H](CO)C(=O)N[C@@H](CO)C(=O)N[C@@H](CC(=O)O)C(=O)N[C@@H](CO)C(=O)N[C@@H](C)C(=O)N[C@@H](CC(C)C)C(=O)N[C@@H](Cc1c[nH]cn1)C(=O)N[C@@H](CCCNC(=N)N)C(=O)N[C@@H](CCCNC(=N)N)C(=O)N[C@@H](CCCNC(=N)N)C(=O)O)[C@@H](C)O.O=C(O)C(F)(F)F. The summed E-state index contributed by atoms with van der Waals surface area (Å²) >= 11 is 0. The number of primary amides is 1. The second kappa shape index (κ2) is 59.3. The van der Waals surface area contributed by atoms with Gasteiger partial charge in [0.15, 0.2) is 23.8 Å². The van der Waals surface area contributed by atoms with Gasteiger partial charge in [-0.05, 0) is 96.8 Å². The van der Waals surface area contributed by atoms with Gasteiger partial charge < -0.3 is 171 Å². The lowest BCUT2D eigenvalue weighted by Crippen LogP contribution is -2.63. The molecule has 1 aromatic heterocycles. The number of aromatic amines is 1. The molecule has 55 nitrogen and oxygen atoms in total. The van der Waals surface area contributed by atoms with E-state index in [1.54, 1.807) is 27.7 Å². The van der Waals surface area contributed by atoms with E-state index in [1.165, 1.54) is 19.4 Å². The molecule has 0 aliphatic rings. The quantitative estimate of drug-likeness (QED) is 0.0164. The number of carboxylic acids is 3. The third-order valence-electron chi connectivity index (χ3n) is 17.7. The second-order valence-electron chi connectivity index (χ2n) is 29.9. The average Bonchev–Trinajstić information content (AvgIpc) is 1.80. The Morgan fingerprint density at radius 2 is 0.682 bits per heavy atom. The van der Waals surface area contributed by atoms with E-state index in [0.29, 0.717) is 0 Å².